The highest BCUT2D eigenvalue weighted by molar-refractivity contribution is 4.99. The van der Waals surface area contributed by atoms with Gasteiger partial charge in [0.15, 0.2) is 6.29 Å². The molecule has 2 fully saturated rings. The van der Waals surface area contributed by atoms with Gasteiger partial charge in [-0.05, 0) is 32.1 Å². The van der Waals surface area contributed by atoms with E-state index < -0.39 is 55.6 Å². The Kier molecular flexibility index (Phi) is 29.3. The molecule has 0 amide bonds. The predicted molar refractivity (Wildman–Crippen MR) is 230 cm³/mol. The van der Waals surface area contributed by atoms with Crippen LogP contribution in [0.3, 0.4) is 0 Å². The molecule has 8 atom stereocenters. The molecule has 2 rings (SSSR count). The molecule has 0 aromatic rings. The van der Waals surface area contributed by atoms with E-state index in [1.807, 2.05) is 0 Å². The molecule has 0 aromatic carbocycles. The Bertz CT molecular complexity index is 970. The van der Waals surface area contributed by atoms with Crippen LogP contribution in [0.2, 0.25) is 0 Å². The van der Waals surface area contributed by atoms with Crippen molar-refractivity contribution in [3.8, 4) is 0 Å². The van der Waals surface area contributed by atoms with Gasteiger partial charge in [0.25, 0.3) is 0 Å². The summed E-state index contributed by atoms with van der Waals surface area (Å²) in [6.07, 6.45) is 21.1. The van der Waals surface area contributed by atoms with Crippen molar-refractivity contribution in [3.05, 3.63) is 12.3 Å². The van der Waals surface area contributed by atoms with Crippen molar-refractivity contribution < 1.29 is 44.8 Å². The molecular weight excluding hydrogens is 725 g/mol. The lowest BCUT2D eigenvalue weighted by atomic mass is 9.87. The number of aliphatic hydroxyl groups is 6. The molecule has 2 heterocycles. The minimum absolute atomic E-state index is 0.124. The second kappa shape index (κ2) is 31.9. The van der Waals surface area contributed by atoms with E-state index in [9.17, 15) is 30.6 Å². The first-order valence-electron chi connectivity index (χ1n) is 23.7. The molecule has 7 N–H and O–H groups in total. The highest BCUT2D eigenvalue weighted by Crippen LogP contribution is 2.28. The smallest absolute Gasteiger partial charge is 0.186 e. The molecule has 2 aliphatic rings. The average Bonchev–Trinajstić information content (AvgIpc) is 3.20. The van der Waals surface area contributed by atoms with Crippen molar-refractivity contribution in [2.24, 2.45) is 0 Å². The predicted octanol–water partition coefficient (Wildman–Crippen LogP) is 7.27. The number of nitrogens with zero attached hydrogens (tertiary/aromatic N) is 1. The minimum atomic E-state index is -1.56. The van der Waals surface area contributed by atoms with E-state index in [2.05, 4.69) is 37.6 Å². The zero-order chi connectivity index (χ0) is 41.7. The molecule has 57 heavy (non-hydrogen) atoms. The van der Waals surface area contributed by atoms with E-state index >= 15 is 0 Å². The van der Waals surface area contributed by atoms with E-state index in [-0.39, 0.29) is 12.1 Å². The van der Waals surface area contributed by atoms with Gasteiger partial charge >= 0.3 is 0 Å². The van der Waals surface area contributed by atoms with Crippen LogP contribution in [-0.4, -0.2) is 130 Å². The van der Waals surface area contributed by atoms with Crippen LogP contribution >= 0.6 is 0 Å². The van der Waals surface area contributed by atoms with Crippen LogP contribution in [0.5, 0.6) is 0 Å². The Morgan fingerprint density at radius 1 is 0.702 bits per heavy atom. The largest absolute Gasteiger partial charge is 0.394 e. The molecule has 11 heteroatoms. The lowest BCUT2D eigenvalue weighted by Crippen LogP contribution is -2.67. The van der Waals surface area contributed by atoms with Crippen molar-refractivity contribution in [1.29, 1.82) is 0 Å². The number of unbranched alkanes of at least 4 members (excludes halogenated alkanes) is 20. The van der Waals surface area contributed by atoms with Gasteiger partial charge in [0.2, 0.25) is 0 Å². The molecule has 0 saturated carbocycles. The molecule has 5 unspecified atom stereocenters. The first-order valence-corrected chi connectivity index (χ1v) is 23.7. The zero-order valence-electron chi connectivity index (χ0n) is 36.8. The maximum absolute atomic E-state index is 11.5. The van der Waals surface area contributed by atoms with Crippen molar-refractivity contribution in [3.63, 3.8) is 0 Å². The molecule has 0 aliphatic carbocycles. The van der Waals surface area contributed by atoms with Gasteiger partial charge in [-0.25, -0.2) is 0 Å². The molecular formula is C46H90N2O9. The van der Waals surface area contributed by atoms with Gasteiger partial charge in [-0.15, -0.1) is 0 Å². The van der Waals surface area contributed by atoms with Gasteiger partial charge in [0.05, 0.1) is 50.2 Å². The number of aliphatic hydroxyl groups excluding tert-OH is 6. The Balaban J connectivity index is 1.84. The van der Waals surface area contributed by atoms with Crippen LogP contribution in [0, 0.1) is 0 Å². The van der Waals surface area contributed by atoms with Gasteiger partial charge < -0.3 is 49.7 Å². The molecule has 2 saturated heterocycles. The standard InChI is InChI=1S/C46H90N2O9/c1-5-8-10-12-13-14-15-16-17-18-21-25-29-39(50)41(51)38(34-56-45-44(54)43(53)42(52)40(33-49)57-45)47-46(35-55-36-46)30-26-22-19-20-24-28-32-48(37(4)7-3)31-27-23-11-9-6-2/h38-45,47,49-54H,4-36H2,1-3H3/t38-,39+,40?,41-,42?,43?,44?,45?/m0/s1. The van der Waals surface area contributed by atoms with E-state index in [0.29, 0.717) is 19.6 Å². The van der Waals surface area contributed by atoms with Gasteiger partial charge in [-0.3, -0.25) is 5.32 Å². The molecule has 0 radical (unpaired) electrons. The Hall–Kier alpha value is -0.860. The maximum Gasteiger partial charge on any atom is 0.186 e. The van der Waals surface area contributed by atoms with Crippen LogP contribution in [0.1, 0.15) is 188 Å². The first-order chi connectivity index (χ1) is 27.6. The molecule has 338 valence electrons. The summed E-state index contributed by atoms with van der Waals surface area (Å²) in [6.45, 7) is 13.5. The van der Waals surface area contributed by atoms with E-state index in [1.165, 1.54) is 115 Å². The quantitative estimate of drug-likeness (QED) is 0.0314. The molecule has 11 nitrogen and oxygen atoms in total. The summed E-state index contributed by atoms with van der Waals surface area (Å²) in [6, 6.07) is -0.707. The third kappa shape index (κ3) is 21.0. The second-order valence-electron chi connectivity index (χ2n) is 17.5. The lowest BCUT2D eigenvalue weighted by Gasteiger charge is -2.46. The fourth-order valence-electron chi connectivity index (χ4n) is 8.34. The zero-order valence-corrected chi connectivity index (χ0v) is 36.8. The highest BCUT2D eigenvalue weighted by Gasteiger charge is 2.46. The van der Waals surface area contributed by atoms with Gasteiger partial charge in [-0.1, -0.05) is 162 Å². The van der Waals surface area contributed by atoms with Crippen LogP contribution in [-0.2, 0) is 14.2 Å². The SMILES string of the molecule is C=C(CC)N(CCCCCCC)CCCCCCCCC1(N[C@@H](COC2OC(CO)C(O)C(O)C2O)[C@H](O)[C@H](O)CCCCCCCCCCCCCC)COC1. The van der Waals surface area contributed by atoms with Crippen molar-refractivity contribution in [2.75, 3.05) is 39.5 Å². The van der Waals surface area contributed by atoms with E-state index in [1.54, 1.807) is 0 Å². The molecule has 0 aromatic heterocycles. The van der Waals surface area contributed by atoms with Crippen molar-refractivity contribution in [1.82, 2.24) is 10.2 Å². The monoisotopic (exact) mass is 815 g/mol. The van der Waals surface area contributed by atoms with Gasteiger partial charge in [-0.2, -0.15) is 0 Å². The molecule has 0 bridgehead atoms. The van der Waals surface area contributed by atoms with Crippen LogP contribution in [0.25, 0.3) is 0 Å². The van der Waals surface area contributed by atoms with Gasteiger partial charge in [0, 0.05) is 18.8 Å². The fraction of sp³-hybridized carbons (Fsp3) is 0.957. The van der Waals surface area contributed by atoms with Crippen molar-refractivity contribution >= 4 is 0 Å². The number of nitrogens with one attached hydrogen (secondary N) is 1. The van der Waals surface area contributed by atoms with Gasteiger partial charge in [0.1, 0.15) is 24.4 Å². The minimum Gasteiger partial charge on any atom is -0.394 e. The number of ether oxygens (including phenoxy) is 3. The summed E-state index contributed by atoms with van der Waals surface area (Å²) < 4.78 is 17.2. The summed E-state index contributed by atoms with van der Waals surface area (Å²) in [5.41, 5.74) is 0.878. The van der Waals surface area contributed by atoms with Crippen LogP contribution in [0.4, 0.5) is 0 Å². The first kappa shape index (κ1) is 52.3. The second-order valence-corrected chi connectivity index (χ2v) is 17.5. The highest BCUT2D eigenvalue weighted by atomic mass is 16.7. The van der Waals surface area contributed by atoms with Crippen LogP contribution in [0.15, 0.2) is 12.3 Å². The van der Waals surface area contributed by atoms with E-state index in [0.717, 1.165) is 64.5 Å². The summed E-state index contributed by atoms with van der Waals surface area (Å²) in [4.78, 5) is 2.50. The third-order valence-electron chi connectivity index (χ3n) is 12.4. The number of rotatable bonds is 38. The summed E-state index contributed by atoms with van der Waals surface area (Å²) >= 11 is 0. The fourth-order valence-corrected chi connectivity index (χ4v) is 8.34. The summed E-state index contributed by atoms with van der Waals surface area (Å²) in [5, 5.41) is 67.1. The Labute approximate surface area is 348 Å². The van der Waals surface area contributed by atoms with E-state index in [4.69, 9.17) is 14.2 Å². The normalized spacial score (nSPS) is 23.6. The lowest BCUT2D eigenvalue weighted by molar-refractivity contribution is -0.303. The number of hydrogen-bond acceptors (Lipinski definition) is 11. The van der Waals surface area contributed by atoms with Crippen LogP contribution < -0.4 is 5.32 Å². The number of hydrogen-bond donors (Lipinski definition) is 7. The number of allylic oxidation sites excluding steroid dienone is 1. The molecule has 2 aliphatic heterocycles. The summed E-state index contributed by atoms with van der Waals surface area (Å²) in [5.74, 6) is 0. The Morgan fingerprint density at radius 2 is 1.19 bits per heavy atom. The summed E-state index contributed by atoms with van der Waals surface area (Å²) in [7, 11) is 0. The maximum atomic E-state index is 11.5. The average molecular weight is 815 g/mol. The topological polar surface area (TPSA) is 164 Å². The van der Waals surface area contributed by atoms with Crippen molar-refractivity contribution in [2.45, 2.75) is 242 Å². The Morgan fingerprint density at radius 3 is 1.67 bits per heavy atom. The molecule has 0 spiro atoms. The third-order valence-corrected chi connectivity index (χ3v) is 12.4.